The van der Waals surface area contributed by atoms with Gasteiger partial charge in [0.1, 0.15) is 23.5 Å². The van der Waals surface area contributed by atoms with E-state index < -0.39 is 47.5 Å². The third kappa shape index (κ3) is 14.9. The molecule has 2 rings (SSSR count). The molecule has 2 aromatic carbocycles. The minimum Gasteiger partial charge on any atom is -0.444 e. The fourth-order valence-electron chi connectivity index (χ4n) is 4.52. The summed E-state index contributed by atoms with van der Waals surface area (Å²) in [6, 6.07) is 10.5. The molecule has 0 saturated heterocycles. The van der Waals surface area contributed by atoms with E-state index in [1.807, 2.05) is 42.5 Å². The number of carbonyl (C=O) groups excluding carboxylic acids is 5. The van der Waals surface area contributed by atoms with Crippen LogP contribution in [-0.2, 0) is 30.3 Å². The topological polar surface area (TPSA) is 219 Å². The van der Waals surface area contributed by atoms with E-state index in [0.29, 0.717) is 19.4 Å². The summed E-state index contributed by atoms with van der Waals surface area (Å²) in [5.41, 5.74) is 12.0. The molecule has 0 fully saturated rings. The molecule has 4 amide bonds. The lowest BCUT2D eigenvalue weighted by molar-refractivity contribution is -0.133. The van der Waals surface area contributed by atoms with Crippen molar-refractivity contribution >= 4 is 46.3 Å². The molecule has 2 aromatic rings. The summed E-state index contributed by atoms with van der Waals surface area (Å²) in [5, 5.41) is 15.6. The summed E-state index contributed by atoms with van der Waals surface area (Å²) in [6.07, 6.45) is 0.839. The van der Waals surface area contributed by atoms with Gasteiger partial charge < -0.3 is 42.8 Å². The average Bonchev–Trinajstić information content (AvgIpc) is 3.01. The van der Waals surface area contributed by atoms with Crippen LogP contribution in [-0.4, -0.2) is 86.0 Å². The molecule has 0 spiro atoms. The van der Waals surface area contributed by atoms with E-state index in [0.717, 1.165) is 16.3 Å². The minimum absolute atomic E-state index is 0.149. The van der Waals surface area contributed by atoms with Gasteiger partial charge in [0.25, 0.3) is 0 Å². The molecule has 14 heteroatoms. The van der Waals surface area contributed by atoms with Crippen LogP contribution in [0, 0.1) is 0 Å². The van der Waals surface area contributed by atoms with E-state index in [1.165, 1.54) is 14.0 Å². The zero-order valence-electron chi connectivity index (χ0n) is 28.0. The fraction of sp³-hybridized carbons (Fsp3) is 0.515. The highest BCUT2D eigenvalue weighted by Gasteiger charge is 2.28. The van der Waals surface area contributed by atoms with Gasteiger partial charge in [0.05, 0.1) is 12.6 Å². The molecule has 0 bridgehead atoms. The SMILES string of the molecule is CN=C(N)NCCC[C@H](NC(=O)[C@H](N)CCCNC(=O)OC(C)(C)C)C(=O)NC(Cc1ccc2ccccc2c1)C(=O)NCC(C)=O. The number of hydrogen-bond donors (Lipinski definition) is 7. The molecular weight excluding hydrogens is 604 g/mol. The van der Waals surface area contributed by atoms with Crippen LogP contribution >= 0.6 is 0 Å². The molecule has 14 nitrogen and oxygen atoms in total. The Morgan fingerprint density at radius 2 is 1.47 bits per heavy atom. The molecule has 9 N–H and O–H groups in total. The third-order valence-electron chi connectivity index (χ3n) is 6.94. The second-order valence-electron chi connectivity index (χ2n) is 12.3. The Hall–Kier alpha value is -4.72. The van der Waals surface area contributed by atoms with Crippen molar-refractivity contribution in [3.8, 4) is 0 Å². The Balaban J connectivity index is 2.14. The number of carbonyl (C=O) groups is 5. The first kappa shape index (κ1) is 38.5. The Morgan fingerprint density at radius 1 is 0.830 bits per heavy atom. The van der Waals surface area contributed by atoms with Crippen LogP contribution in [0.15, 0.2) is 47.5 Å². The maximum Gasteiger partial charge on any atom is 0.407 e. The highest BCUT2D eigenvalue weighted by molar-refractivity contribution is 5.94. The smallest absolute Gasteiger partial charge is 0.407 e. The van der Waals surface area contributed by atoms with Gasteiger partial charge in [-0.2, -0.15) is 0 Å². The van der Waals surface area contributed by atoms with E-state index in [9.17, 15) is 24.0 Å². The van der Waals surface area contributed by atoms with Crippen LogP contribution in [0.3, 0.4) is 0 Å². The molecule has 3 atom stereocenters. The largest absolute Gasteiger partial charge is 0.444 e. The van der Waals surface area contributed by atoms with Crippen molar-refractivity contribution in [3.05, 3.63) is 48.0 Å². The molecule has 1 unspecified atom stereocenters. The Bertz CT molecular complexity index is 1410. The lowest BCUT2D eigenvalue weighted by atomic mass is 10.0. The number of ether oxygens (including phenoxy) is 1. The number of rotatable bonds is 17. The first-order valence-electron chi connectivity index (χ1n) is 15.7. The summed E-state index contributed by atoms with van der Waals surface area (Å²) >= 11 is 0. The standard InChI is InChI=1S/C33H50N8O6/c1-21(42)20-39-29(44)27(19-22-14-15-23-10-6-7-11-24(23)18-22)41-30(45)26(13-9-16-37-31(35)36-5)40-28(43)25(34)12-8-17-38-32(46)47-33(2,3)4/h6-7,10-11,14-15,18,25-27H,8-9,12-13,16-17,19-20,34H2,1-5H3,(H,38,46)(H,39,44)(H,40,43)(H,41,45)(H3,35,36,37)/t25-,26+,27?/m1/s1. The second-order valence-corrected chi connectivity index (χ2v) is 12.3. The van der Waals surface area contributed by atoms with E-state index in [2.05, 4.69) is 31.6 Å². The van der Waals surface area contributed by atoms with E-state index in [-0.39, 0.29) is 44.1 Å². The zero-order chi connectivity index (χ0) is 35.0. The van der Waals surface area contributed by atoms with Gasteiger partial charge in [-0.15, -0.1) is 0 Å². The van der Waals surface area contributed by atoms with Gasteiger partial charge in [0.2, 0.25) is 17.7 Å². The number of nitrogens with two attached hydrogens (primary N) is 2. The lowest BCUT2D eigenvalue weighted by Gasteiger charge is -2.24. The average molecular weight is 655 g/mol. The second kappa shape index (κ2) is 19.1. The molecule has 0 aliphatic carbocycles. The number of Topliss-reactive ketones (excluding diaryl/α,β-unsaturated/α-hetero) is 1. The predicted molar refractivity (Wildman–Crippen MR) is 181 cm³/mol. The van der Waals surface area contributed by atoms with Crippen LogP contribution in [0.25, 0.3) is 10.8 Å². The summed E-state index contributed by atoms with van der Waals surface area (Å²) < 4.78 is 5.20. The van der Waals surface area contributed by atoms with Crippen LogP contribution in [0.1, 0.15) is 58.9 Å². The molecule has 258 valence electrons. The normalized spacial score (nSPS) is 13.5. The predicted octanol–water partition coefficient (Wildman–Crippen LogP) is 1.00. The monoisotopic (exact) mass is 654 g/mol. The summed E-state index contributed by atoms with van der Waals surface area (Å²) in [4.78, 5) is 67.2. The first-order chi connectivity index (χ1) is 22.2. The summed E-state index contributed by atoms with van der Waals surface area (Å²) in [6.45, 7) is 7.06. The summed E-state index contributed by atoms with van der Waals surface area (Å²) in [5.74, 6) is -1.68. The van der Waals surface area contributed by atoms with Crippen molar-refractivity contribution in [1.82, 2.24) is 26.6 Å². The Morgan fingerprint density at radius 3 is 2.13 bits per heavy atom. The molecule has 47 heavy (non-hydrogen) atoms. The molecule has 0 aliphatic rings. The Labute approximate surface area is 276 Å². The lowest BCUT2D eigenvalue weighted by Crippen LogP contribution is -2.56. The molecule has 0 radical (unpaired) electrons. The third-order valence-corrected chi connectivity index (χ3v) is 6.94. The number of ketones is 1. The highest BCUT2D eigenvalue weighted by Crippen LogP contribution is 2.17. The van der Waals surface area contributed by atoms with Crippen LogP contribution < -0.4 is 38.1 Å². The number of nitrogens with zero attached hydrogens (tertiary/aromatic N) is 1. The first-order valence-corrected chi connectivity index (χ1v) is 15.7. The van der Waals surface area contributed by atoms with Crippen LogP contribution in [0.5, 0.6) is 0 Å². The summed E-state index contributed by atoms with van der Waals surface area (Å²) in [7, 11) is 1.54. The van der Waals surface area contributed by atoms with Crippen LogP contribution in [0.2, 0.25) is 0 Å². The van der Waals surface area contributed by atoms with Gasteiger partial charge in [0, 0.05) is 26.6 Å². The van der Waals surface area contributed by atoms with Crippen molar-refractivity contribution in [2.24, 2.45) is 16.5 Å². The molecule has 0 aliphatic heterocycles. The van der Waals surface area contributed by atoms with Gasteiger partial charge in [-0.1, -0.05) is 42.5 Å². The maximum atomic E-state index is 13.6. The number of hydrogen-bond acceptors (Lipinski definition) is 8. The molecule has 0 saturated carbocycles. The van der Waals surface area contributed by atoms with Crippen LogP contribution in [0.4, 0.5) is 4.79 Å². The Kier molecular flexibility index (Phi) is 15.6. The number of aliphatic imine (C=N–C) groups is 1. The van der Waals surface area contributed by atoms with E-state index in [1.54, 1.807) is 20.8 Å². The van der Waals surface area contributed by atoms with Crippen molar-refractivity contribution in [2.45, 2.75) is 83.5 Å². The van der Waals surface area contributed by atoms with Gasteiger partial charge >= 0.3 is 6.09 Å². The molecular formula is C33H50N8O6. The molecule has 0 aromatic heterocycles. The number of fused-ring (bicyclic) bond motifs is 1. The quantitative estimate of drug-likeness (QED) is 0.0734. The van der Waals surface area contributed by atoms with Crippen molar-refractivity contribution in [1.29, 1.82) is 0 Å². The van der Waals surface area contributed by atoms with E-state index in [4.69, 9.17) is 16.2 Å². The number of nitrogens with one attached hydrogen (secondary N) is 5. The maximum absolute atomic E-state index is 13.6. The highest BCUT2D eigenvalue weighted by atomic mass is 16.6. The van der Waals surface area contributed by atoms with Gasteiger partial charge in [-0.05, 0) is 69.7 Å². The zero-order valence-corrected chi connectivity index (χ0v) is 28.0. The minimum atomic E-state index is -1.03. The van der Waals surface area contributed by atoms with Crippen molar-refractivity contribution in [3.63, 3.8) is 0 Å². The van der Waals surface area contributed by atoms with Crippen molar-refractivity contribution < 1.29 is 28.7 Å². The number of benzene rings is 2. The van der Waals surface area contributed by atoms with Gasteiger partial charge in [-0.25, -0.2) is 4.79 Å². The van der Waals surface area contributed by atoms with Gasteiger partial charge in [-0.3, -0.25) is 24.2 Å². The number of guanidine groups is 1. The fourth-order valence-corrected chi connectivity index (χ4v) is 4.52. The number of alkyl carbamates (subject to hydrolysis) is 1. The number of amides is 4. The van der Waals surface area contributed by atoms with Gasteiger partial charge in [0.15, 0.2) is 5.96 Å². The van der Waals surface area contributed by atoms with Crippen molar-refractivity contribution in [2.75, 3.05) is 26.7 Å². The molecule has 0 heterocycles. The van der Waals surface area contributed by atoms with E-state index >= 15 is 0 Å².